The Morgan fingerprint density at radius 3 is 2.68 bits per heavy atom. The van der Waals surface area contributed by atoms with Crippen LogP contribution in [0.25, 0.3) is 0 Å². The summed E-state index contributed by atoms with van der Waals surface area (Å²) in [5, 5.41) is 17.4. The lowest BCUT2D eigenvalue weighted by Crippen LogP contribution is -2.31. The lowest BCUT2D eigenvalue weighted by atomic mass is 10.1. The lowest BCUT2D eigenvalue weighted by Gasteiger charge is -2.25. The van der Waals surface area contributed by atoms with Gasteiger partial charge in [0.2, 0.25) is 0 Å². The van der Waals surface area contributed by atoms with Crippen molar-refractivity contribution in [1.82, 2.24) is 4.90 Å². The second-order valence-corrected chi connectivity index (χ2v) is 4.59. The van der Waals surface area contributed by atoms with Crippen LogP contribution in [0.15, 0.2) is 18.2 Å². The first-order chi connectivity index (χ1) is 8.95. The summed E-state index contributed by atoms with van der Waals surface area (Å²) < 4.78 is 13.6. The molecule has 0 fully saturated rings. The second kappa shape index (κ2) is 6.86. The van der Waals surface area contributed by atoms with E-state index in [1.54, 1.807) is 6.07 Å². The Labute approximate surface area is 112 Å². The van der Waals surface area contributed by atoms with E-state index in [0.717, 1.165) is 0 Å². The smallest absolute Gasteiger partial charge is 0.338 e. The van der Waals surface area contributed by atoms with Crippen molar-refractivity contribution in [2.75, 3.05) is 6.54 Å². The largest absolute Gasteiger partial charge is 0.478 e. The van der Waals surface area contributed by atoms with E-state index in [4.69, 9.17) is 10.4 Å². The minimum Gasteiger partial charge on any atom is -0.478 e. The van der Waals surface area contributed by atoms with E-state index < -0.39 is 11.8 Å². The monoisotopic (exact) mass is 264 g/mol. The number of rotatable bonds is 6. The van der Waals surface area contributed by atoms with Crippen LogP contribution in [0.3, 0.4) is 0 Å². The molecule has 0 saturated heterocycles. The molecule has 0 unspecified atom stereocenters. The zero-order chi connectivity index (χ0) is 14.4. The molecule has 0 atom stereocenters. The van der Waals surface area contributed by atoms with Crippen molar-refractivity contribution in [2.24, 2.45) is 0 Å². The van der Waals surface area contributed by atoms with Gasteiger partial charge >= 0.3 is 5.97 Å². The molecule has 4 nitrogen and oxygen atoms in total. The van der Waals surface area contributed by atoms with Crippen LogP contribution < -0.4 is 0 Å². The minimum absolute atomic E-state index is 0.232. The Balaban J connectivity index is 2.83. The highest BCUT2D eigenvalue weighted by Crippen LogP contribution is 2.14. The number of carbonyl (C=O) groups is 1. The van der Waals surface area contributed by atoms with Gasteiger partial charge in [-0.15, -0.1) is 0 Å². The Hall–Kier alpha value is -1.93. The van der Waals surface area contributed by atoms with Crippen LogP contribution in [0.2, 0.25) is 0 Å². The molecule has 19 heavy (non-hydrogen) atoms. The summed E-state index contributed by atoms with van der Waals surface area (Å²) in [6, 6.07) is 6.43. The van der Waals surface area contributed by atoms with Gasteiger partial charge in [-0.2, -0.15) is 5.26 Å². The first kappa shape index (κ1) is 15.1. The molecule has 1 aromatic rings. The van der Waals surface area contributed by atoms with E-state index in [1.807, 2.05) is 18.7 Å². The van der Waals surface area contributed by atoms with E-state index in [2.05, 4.69) is 6.07 Å². The minimum atomic E-state index is -1.27. The van der Waals surface area contributed by atoms with E-state index >= 15 is 0 Å². The fourth-order valence-corrected chi connectivity index (χ4v) is 1.78. The van der Waals surface area contributed by atoms with E-state index in [-0.39, 0.29) is 11.6 Å². The summed E-state index contributed by atoms with van der Waals surface area (Å²) in [6.07, 6.45) is 0.411. The first-order valence-electron chi connectivity index (χ1n) is 6.08. The molecule has 0 spiro atoms. The molecule has 5 heteroatoms. The molecule has 0 bridgehead atoms. The van der Waals surface area contributed by atoms with Crippen molar-refractivity contribution < 1.29 is 14.3 Å². The molecule has 0 aliphatic heterocycles. The van der Waals surface area contributed by atoms with Crippen molar-refractivity contribution in [1.29, 1.82) is 5.26 Å². The third kappa shape index (κ3) is 4.34. The van der Waals surface area contributed by atoms with Gasteiger partial charge in [-0.3, -0.25) is 4.90 Å². The lowest BCUT2D eigenvalue weighted by molar-refractivity contribution is 0.0692. The van der Waals surface area contributed by atoms with E-state index in [0.29, 0.717) is 25.1 Å². The Morgan fingerprint density at radius 2 is 2.21 bits per heavy atom. The van der Waals surface area contributed by atoms with Crippen LogP contribution in [-0.2, 0) is 6.54 Å². The fraction of sp³-hybridized carbons (Fsp3) is 0.429. The highest BCUT2D eigenvalue weighted by molar-refractivity contribution is 5.87. The second-order valence-electron chi connectivity index (χ2n) is 4.59. The van der Waals surface area contributed by atoms with Crippen LogP contribution in [0, 0.1) is 17.1 Å². The average molecular weight is 264 g/mol. The van der Waals surface area contributed by atoms with Crippen molar-refractivity contribution in [3.63, 3.8) is 0 Å². The predicted octanol–water partition coefficient (Wildman–Crippen LogP) is 2.65. The number of hydrogen-bond donors (Lipinski definition) is 1. The maximum Gasteiger partial charge on any atom is 0.338 e. The van der Waals surface area contributed by atoms with Crippen LogP contribution in [-0.4, -0.2) is 28.6 Å². The predicted molar refractivity (Wildman–Crippen MR) is 69.1 cm³/mol. The maximum absolute atomic E-state index is 13.6. The molecule has 0 amide bonds. The quantitative estimate of drug-likeness (QED) is 0.857. The number of hydrogen-bond acceptors (Lipinski definition) is 3. The third-order valence-corrected chi connectivity index (χ3v) is 2.89. The molecular formula is C14H17FN2O2. The molecule has 0 aliphatic carbocycles. The molecule has 1 rings (SSSR count). The highest BCUT2D eigenvalue weighted by atomic mass is 19.1. The molecule has 0 saturated carbocycles. The number of nitriles is 1. The Bertz CT molecular complexity index is 495. The molecule has 0 heterocycles. The SMILES string of the molecule is CC(C)N(CCC#N)Cc1ccc(C(=O)O)c(F)c1. The van der Waals surface area contributed by atoms with Gasteiger partial charge in [0.05, 0.1) is 11.6 Å². The molecule has 102 valence electrons. The molecular weight excluding hydrogens is 247 g/mol. The summed E-state index contributed by atoms with van der Waals surface area (Å²) in [7, 11) is 0. The van der Waals surface area contributed by atoms with Crippen molar-refractivity contribution in [2.45, 2.75) is 32.9 Å². The summed E-state index contributed by atoms with van der Waals surface area (Å²) in [4.78, 5) is 12.8. The van der Waals surface area contributed by atoms with Crippen molar-refractivity contribution >= 4 is 5.97 Å². The van der Waals surface area contributed by atoms with Gasteiger partial charge in [-0.1, -0.05) is 6.07 Å². The number of carboxylic acid groups (broad SMARTS) is 1. The molecule has 0 aromatic heterocycles. The van der Waals surface area contributed by atoms with Crippen molar-refractivity contribution in [3.05, 3.63) is 35.1 Å². The molecule has 0 aliphatic rings. The number of benzene rings is 1. The fourth-order valence-electron chi connectivity index (χ4n) is 1.78. The van der Waals surface area contributed by atoms with Gasteiger partial charge < -0.3 is 5.11 Å². The summed E-state index contributed by atoms with van der Waals surface area (Å²) in [6.45, 7) is 5.10. The van der Waals surface area contributed by atoms with Crippen molar-refractivity contribution in [3.8, 4) is 6.07 Å². The average Bonchev–Trinajstić information content (AvgIpc) is 2.33. The number of nitrogens with zero attached hydrogens (tertiary/aromatic N) is 2. The highest BCUT2D eigenvalue weighted by Gasteiger charge is 2.13. The maximum atomic E-state index is 13.6. The van der Waals surface area contributed by atoms with Gasteiger partial charge in [0.15, 0.2) is 0 Å². The Morgan fingerprint density at radius 1 is 1.53 bits per heavy atom. The zero-order valence-corrected chi connectivity index (χ0v) is 11.1. The van der Waals surface area contributed by atoms with Gasteiger partial charge in [-0.05, 0) is 31.5 Å². The van der Waals surface area contributed by atoms with Crippen LogP contribution >= 0.6 is 0 Å². The van der Waals surface area contributed by atoms with E-state index in [1.165, 1.54) is 12.1 Å². The first-order valence-corrected chi connectivity index (χ1v) is 6.08. The van der Waals surface area contributed by atoms with Gasteiger partial charge in [0, 0.05) is 25.6 Å². The standard InChI is InChI=1S/C14H17FN2O2/c1-10(2)17(7-3-6-16)9-11-4-5-12(14(18)19)13(15)8-11/h4-5,8,10H,3,7,9H2,1-2H3,(H,18,19). The number of carboxylic acids is 1. The van der Waals surface area contributed by atoms with Gasteiger partial charge in [-0.25, -0.2) is 9.18 Å². The van der Waals surface area contributed by atoms with Crippen LogP contribution in [0.5, 0.6) is 0 Å². The van der Waals surface area contributed by atoms with E-state index in [9.17, 15) is 9.18 Å². The molecule has 0 radical (unpaired) electrons. The van der Waals surface area contributed by atoms with Crippen LogP contribution in [0.4, 0.5) is 4.39 Å². The van der Waals surface area contributed by atoms with Crippen LogP contribution in [0.1, 0.15) is 36.2 Å². The summed E-state index contributed by atoms with van der Waals surface area (Å²) >= 11 is 0. The number of aromatic carboxylic acids is 1. The summed E-state index contributed by atoms with van der Waals surface area (Å²) in [5.74, 6) is -2.00. The molecule has 1 N–H and O–H groups in total. The van der Waals surface area contributed by atoms with Gasteiger partial charge in [0.1, 0.15) is 5.82 Å². The summed E-state index contributed by atoms with van der Waals surface area (Å²) in [5.41, 5.74) is 0.381. The third-order valence-electron chi connectivity index (χ3n) is 2.89. The van der Waals surface area contributed by atoms with Gasteiger partial charge in [0.25, 0.3) is 0 Å². The topological polar surface area (TPSA) is 64.3 Å². The number of halogens is 1. The Kier molecular flexibility index (Phi) is 5.46. The molecule has 1 aromatic carbocycles. The zero-order valence-electron chi connectivity index (χ0n) is 11.1. The normalized spacial score (nSPS) is 10.7.